The summed E-state index contributed by atoms with van der Waals surface area (Å²) in [5, 5.41) is 12.9. The average Bonchev–Trinajstić information content (AvgIpc) is 2.97. The Labute approximate surface area is 185 Å². The van der Waals surface area contributed by atoms with E-state index in [1.165, 1.54) is 50.0 Å². The van der Waals surface area contributed by atoms with Crippen molar-refractivity contribution in [1.82, 2.24) is 23.5 Å². The summed E-state index contributed by atoms with van der Waals surface area (Å²) in [5.41, 5.74) is -0.671. The van der Waals surface area contributed by atoms with Gasteiger partial charge in [-0.15, -0.1) is 0 Å². The van der Waals surface area contributed by atoms with Gasteiger partial charge in [-0.25, -0.2) is 9.37 Å². The highest BCUT2D eigenvalue weighted by molar-refractivity contribution is 7.86. The lowest BCUT2D eigenvalue weighted by Gasteiger charge is -2.29. The average molecular weight is 468 g/mol. The molecule has 1 amide bonds. The Kier molecular flexibility index (Phi) is 6.96. The fourth-order valence-corrected chi connectivity index (χ4v) is 4.59. The number of carbonyl (C=O) groups excluding carboxylic acids is 1. The molecule has 0 spiro atoms. The summed E-state index contributed by atoms with van der Waals surface area (Å²) in [6.07, 6.45) is 1.63. The van der Waals surface area contributed by atoms with Gasteiger partial charge in [0.15, 0.2) is 5.69 Å². The Morgan fingerprint density at radius 1 is 1.25 bits per heavy atom. The molecule has 1 unspecified atom stereocenters. The number of aromatic nitrogens is 2. The first kappa shape index (κ1) is 23.8. The fraction of sp³-hybridized carbons (Fsp3) is 0.450. The Morgan fingerprint density at radius 3 is 2.53 bits per heavy atom. The topological polar surface area (TPSA) is 125 Å². The van der Waals surface area contributed by atoms with Crippen LogP contribution in [0.1, 0.15) is 47.2 Å². The van der Waals surface area contributed by atoms with Gasteiger partial charge in [-0.1, -0.05) is 12.1 Å². The molecule has 12 heteroatoms. The highest BCUT2D eigenvalue weighted by Gasteiger charge is 2.35. The van der Waals surface area contributed by atoms with E-state index < -0.39 is 45.0 Å². The molecular formula is C20H26FN5O5S. The number of hydrogen-bond donors (Lipinski definition) is 2. The van der Waals surface area contributed by atoms with Crippen LogP contribution in [0.4, 0.5) is 4.39 Å². The predicted octanol–water partition coefficient (Wildman–Crippen LogP) is 0.981. The Bertz CT molecular complexity index is 1160. The minimum Gasteiger partial charge on any atom is -0.501 e. The molecule has 0 saturated heterocycles. The molecule has 3 rings (SSSR count). The summed E-state index contributed by atoms with van der Waals surface area (Å²) in [6.45, 7) is 0.273. The number of carbonyl (C=O) groups is 1. The van der Waals surface area contributed by atoms with Gasteiger partial charge in [-0.05, 0) is 37.0 Å². The van der Waals surface area contributed by atoms with Crippen molar-refractivity contribution >= 4 is 16.1 Å². The minimum absolute atomic E-state index is 0.0248. The van der Waals surface area contributed by atoms with Crippen molar-refractivity contribution in [3.05, 3.63) is 57.5 Å². The number of benzene rings is 1. The van der Waals surface area contributed by atoms with Crippen LogP contribution in [0.5, 0.6) is 5.75 Å². The van der Waals surface area contributed by atoms with E-state index in [4.69, 9.17) is 0 Å². The maximum Gasteiger partial charge on any atom is 0.296 e. The maximum atomic E-state index is 13.1. The lowest BCUT2D eigenvalue weighted by Crippen LogP contribution is -2.42. The molecule has 0 saturated carbocycles. The summed E-state index contributed by atoms with van der Waals surface area (Å²) in [5.74, 6) is -1.91. The van der Waals surface area contributed by atoms with Crippen molar-refractivity contribution in [1.29, 1.82) is 0 Å². The van der Waals surface area contributed by atoms with E-state index in [0.29, 0.717) is 24.8 Å². The van der Waals surface area contributed by atoms with Gasteiger partial charge >= 0.3 is 0 Å². The van der Waals surface area contributed by atoms with E-state index in [9.17, 15) is 27.5 Å². The van der Waals surface area contributed by atoms with Crippen LogP contribution < -0.4 is 10.9 Å². The smallest absolute Gasteiger partial charge is 0.296 e. The third-order valence-electron chi connectivity index (χ3n) is 5.43. The minimum atomic E-state index is -3.82. The lowest BCUT2D eigenvalue weighted by atomic mass is 10.1. The summed E-state index contributed by atoms with van der Waals surface area (Å²) >= 11 is 0. The number of amides is 1. The predicted molar refractivity (Wildman–Crippen MR) is 115 cm³/mol. The third-order valence-corrected chi connectivity index (χ3v) is 7.33. The second kappa shape index (κ2) is 9.35. The molecular weight excluding hydrogens is 441 g/mol. The van der Waals surface area contributed by atoms with Crippen molar-refractivity contribution in [2.24, 2.45) is 0 Å². The number of nitrogens with one attached hydrogen (secondary N) is 1. The third kappa shape index (κ3) is 4.66. The molecule has 2 aromatic rings. The number of rotatable bonds is 6. The first-order chi connectivity index (χ1) is 15.0. The Hall–Kier alpha value is -2.83. The van der Waals surface area contributed by atoms with E-state index in [1.54, 1.807) is 0 Å². The van der Waals surface area contributed by atoms with E-state index in [0.717, 1.165) is 8.61 Å². The fourth-order valence-electron chi connectivity index (χ4n) is 3.56. The number of halogens is 1. The van der Waals surface area contributed by atoms with Crippen LogP contribution in [0.15, 0.2) is 29.1 Å². The van der Waals surface area contributed by atoms with Gasteiger partial charge in [-0.3, -0.25) is 14.2 Å². The van der Waals surface area contributed by atoms with Crippen molar-refractivity contribution in [3.63, 3.8) is 0 Å². The van der Waals surface area contributed by atoms with Crippen LogP contribution in [0.25, 0.3) is 0 Å². The van der Waals surface area contributed by atoms with E-state index in [2.05, 4.69) is 10.3 Å². The zero-order chi connectivity index (χ0) is 23.6. The van der Waals surface area contributed by atoms with Gasteiger partial charge in [-0.2, -0.15) is 17.0 Å². The molecule has 1 atom stereocenters. The molecule has 1 aliphatic heterocycles. The summed E-state index contributed by atoms with van der Waals surface area (Å²) < 4.78 is 41.8. The maximum absolute atomic E-state index is 13.1. The van der Waals surface area contributed by atoms with Crippen molar-refractivity contribution in [3.8, 4) is 5.75 Å². The molecule has 174 valence electrons. The number of aromatic hydroxyl groups is 1. The summed E-state index contributed by atoms with van der Waals surface area (Å²) in [7, 11) is 0.362. The molecule has 1 aromatic heterocycles. The summed E-state index contributed by atoms with van der Waals surface area (Å²) in [4.78, 5) is 29.8. The first-order valence-corrected chi connectivity index (χ1v) is 11.5. The first-order valence-electron chi connectivity index (χ1n) is 10.1. The van der Waals surface area contributed by atoms with Gasteiger partial charge in [0.2, 0.25) is 5.75 Å². The van der Waals surface area contributed by atoms with Gasteiger partial charge in [0.05, 0.1) is 6.04 Å². The highest BCUT2D eigenvalue weighted by atomic mass is 32.2. The highest BCUT2D eigenvalue weighted by Crippen LogP contribution is 2.30. The van der Waals surface area contributed by atoms with Gasteiger partial charge in [0.25, 0.3) is 21.7 Å². The van der Waals surface area contributed by atoms with E-state index in [-0.39, 0.29) is 18.9 Å². The van der Waals surface area contributed by atoms with Crippen LogP contribution >= 0.6 is 0 Å². The molecule has 2 heterocycles. The zero-order valence-electron chi connectivity index (χ0n) is 18.1. The van der Waals surface area contributed by atoms with Crippen LogP contribution in [0.2, 0.25) is 0 Å². The van der Waals surface area contributed by atoms with E-state index >= 15 is 0 Å². The van der Waals surface area contributed by atoms with Crippen LogP contribution in [-0.4, -0.2) is 58.7 Å². The number of hydrogen-bond acceptors (Lipinski definition) is 6. The molecule has 10 nitrogen and oxygen atoms in total. The number of fused-ring (bicyclic) bond motifs is 1. The standard InChI is InChI=1S/C20H26FN5O5S/c1-24(2)32(30,31)25(3)15-6-4-5-11-26-18(15)23-16(17(27)20(26)29)19(28)22-12-13-7-9-14(21)10-8-13/h7-10,15,27H,4-6,11-12H2,1-3H3,(H,22,28). The molecule has 2 N–H and O–H groups in total. The van der Waals surface area contributed by atoms with Crippen molar-refractivity contribution in [2.75, 3.05) is 21.1 Å². The zero-order valence-corrected chi connectivity index (χ0v) is 18.9. The molecule has 32 heavy (non-hydrogen) atoms. The second-order valence-electron chi connectivity index (χ2n) is 7.75. The van der Waals surface area contributed by atoms with Crippen LogP contribution in [-0.2, 0) is 23.3 Å². The van der Waals surface area contributed by atoms with Crippen molar-refractivity contribution < 1.29 is 22.7 Å². The molecule has 1 aliphatic rings. The molecule has 1 aromatic carbocycles. The summed E-state index contributed by atoms with van der Waals surface area (Å²) in [6, 6.07) is 4.69. The van der Waals surface area contributed by atoms with Gasteiger partial charge in [0, 0.05) is 34.2 Å². The van der Waals surface area contributed by atoms with E-state index in [1.807, 2.05) is 0 Å². The number of nitrogens with zero attached hydrogens (tertiary/aromatic N) is 4. The van der Waals surface area contributed by atoms with Gasteiger partial charge < -0.3 is 10.4 Å². The normalized spacial score (nSPS) is 16.6. The Balaban J connectivity index is 1.98. The Morgan fingerprint density at radius 2 is 1.91 bits per heavy atom. The lowest BCUT2D eigenvalue weighted by molar-refractivity contribution is 0.0941. The van der Waals surface area contributed by atoms with Crippen LogP contribution in [0, 0.1) is 5.82 Å². The molecule has 0 radical (unpaired) electrons. The quantitative estimate of drug-likeness (QED) is 0.653. The molecule has 0 bridgehead atoms. The van der Waals surface area contributed by atoms with Crippen molar-refractivity contribution in [2.45, 2.75) is 38.4 Å². The second-order valence-corrected chi connectivity index (χ2v) is 9.95. The van der Waals surface area contributed by atoms with Gasteiger partial charge in [0.1, 0.15) is 11.6 Å². The molecule has 0 fully saturated rings. The monoisotopic (exact) mass is 467 g/mol. The SMILES string of the molecule is CN(C)S(=O)(=O)N(C)C1CCCCn2c1nc(C(=O)NCc1ccc(F)cc1)c(O)c2=O. The molecule has 0 aliphatic carbocycles. The largest absolute Gasteiger partial charge is 0.501 e. The van der Waals surface area contributed by atoms with Crippen LogP contribution in [0.3, 0.4) is 0 Å².